The smallest absolute Gasteiger partial charge is 0.339 e. The zero-order valence-electron chi connectivity index (χ0n) is 19.1. The van der Waals surface area contributed by atoms with Crippen LogP contribution in [-0.4, -0.2) is 30.5 Å². The highest BCUT2D eigenvalue weighted by molar-refractivity contribution is 7.87. The molecule has 0 atom stereocenters. The van der Waals surface area contributed by atoms with E-state index in [1.807, 2.05) is 0 Å². The first-order valence-electron chi connectivity index (χ1n) is 11.5. The van der Waals surface area contributed by atoms with Crippen LogP contribution in [-0.2, 0) is 10.1 Å². The molecular weight excluding hydrogens is 502 g/mol. The van der Waals surface area contributed by atoms with E-state index >= 15 is 0 Å². The highest BCUT2D eigenvalue weighted by Gasteiger charge is 2.19. The SMILES string of the molecule is O=C(Nc1cccc(Cl)c1)Nc1nc2cc(OS(=O)(=O)c3ccc(NC4CCCC4)cc3)ccc2[nH]1. The molecule has 1 aromatic heterocycles. The standard InChI is InChI=1S/C25H24ClN5O4S/c26-16-4-3-7-19(14-16)28-25(32)31-24-29-22-13-10-20(15-23(22)30-24)35-36(33,34)21-11-8-18(9-12-21)27-17-5-1-2-6-17/h3-4,7-15,17,27H,1-2,5-6H2,(H3,28,29,30,31,32). The van der Waals surface area contributed by atoms with Crippen molar-refractivity contribution in [2.75, 3.05) is 16.0 Å². The molecule has 1 aliphatic rings. The fourth-order valence-corrected chi connectivity index (χ4v) is 5.24. The third kappa shape index (κ3) is 5.72. The molecule has 1 aliphatic carbocycles. The molecule has 186 valence electrons. The first kappa shape index (κ1) is 24.0. The van der Waals surface area contributed by atoms with E-state index in [0.29, 0.717) is 27.8 Å². The first-order valence-corrected chi connectivity index (χ1v) is 13.3. The molecule has 2 amide bonds. The van der Waals surface area contributed by atoms with E-state index in [9.17, 15) is 13.2 Å². The number of anilines is 3. The van der Waals surface area contributed by atoms with Crippen LogP contribution in [0, 0.1) is 0 Å². The van der Waals surface area contributed by atoms with Crippen molar-refractivity contribution >= 4 is 56.1 Å². The minimum atomic E-state index is -4.03. The Morgan fingerprint density at radius 1 is 0.972 bits per heavy atom. The van der Waals surface area contributed by atoms with Crippen molar-refractivity contribution < 1.29 is 17.4 Å². The number of nitrogens with one attached hydrogen (secondary N) is 4. The maximum absolute atomic E-state index is 12.8. The molecule has 0 radical (unpaired) electrons. The molecule has 0 aliphatic heterocycles. The first-order chi connectivity index (χ1) is 17.3. The molecule has 1 heterocycles. The summed E-state index contributed by atoms with van der Waals surface area (Å²) in [6.45, 7) is 0. The largest absolute Gasteiger partial charge is 0.382 e. The number of benzene rings is 3. The topological polar surface area (TPSA) is 125 Å². The zero-order chi connectivity index (χ0) is 25.1. The average Bonchev–Trinajstić information content (AvgIpc) is 3.48. The molecule has 4 aromatic rings. The van der Waals surface area contributed by atoms with E-state index in [0.717, 1.165) is 18.5 Å². The Morgan fingerprint density at radius 3 is 2.50 bits per heavy atom. The summed E-state index contributed by atoms with van der Waals surface area (Å²) in [4.78, 5) is 19.6. The van der Waals surface area contributed by atoms with Crippen LogP contribution in [0.1, 0.15) is 25.7 Å². The van der Waals surface area contributed by atoms with Crippen LogP contribution >= 0.6 is 11.6 Å². The number of aromatic amines is 1. The minimum Gasteiger partial charge on any atom is -0.382 e. The van der Waals surface area contributed by atoms with E-state index in [2.05, 4.69) is 25.9 Å². The van der Waals surface area contributed by atoms with Crippen molar-refractivity contribution in [3.05, 3.63) is 71.8 Å². The highest BCUT2D eigenvalue weighted by Crippen LogP contribution is 2.26. The van der Waals surface area contributed by atoms with E-state index in [-0.39, 0.29) is 16.6 Å². The quantitative estimate of drug-likeness (QED) is 0.220. The maximum Gasteiger partial charge on any atom is 0.339 e. The Kier molecular flexibility index (Phi) is 6.71. The van der Waals surface area contributed by atoms with Crippen molar-refractivity contribution in [2.45, 2.75) is 36.6 Å². The number of H-pyrrole nitrogens is 1. The summed E-state index contributed by atoms with van der Waals surface area (Å²) in [5.41, 5.74) is 2.44. The van der Waals surface area contributed by atoms with Crippen LogP contribution in [0.2, 0.25) is 5.02 Å². The number of carbonyl (C=O) groups is 1. The van der Waals surface area contributed by atoms with Gasteiger partial charge in [-0.05, 0) is 67.4 Å². The fraction of sp³-hybridized carbons (Fsp3) is 0.200. The molecule has 9 nitrogen and oxygen atoms in total. The molecule has 1 fully saturated rings. The van der Waals surface area contributed by atoms with Crippen LogP contribution in [0.5, 0.6) is 5.75 Å². The lowest BCUT2D eigenvalue weighted by Gasteiger charge is -2.14. The lowest BCUT2D eigenvalue weighted by molar-refractivity contribution is 0.262. The van der Waals surface area contributed by atoms with E-state index in [1.165, 1.54) is 37.1 Å². The lowest BCUT2D eigenvalue weighted by atomic mass is 10.2. The van der Waals surface area contributed by atoms with Gasteiger partial charge in [0.15, 0.2) is 0 Å². The summed E-state index contributed by atoms with van der Waals surface area (Å²) in [5, 5.41) is 9.19. The second-order valence-corrected chi connectivity index (χ2v) is 10.5. The van der Waals surface area contributed by atoms with Gasteiger partial charge >= 0.3 is 16.1 Å². The van der Waals surface area contributed by atoms with Gasteiger partial charge in [0.2, 0.25) is 5.95 Å². The Morgan fingerprint density at radius 2 is 1.75 bits per heavy atom. The monoisotopic (exact) mass is 525 g/mol. The number of nitrogens with zero attached hydrogens (tertiary/aromatic N) is 1. The van der Waals surface area contributed by atoms with Gasteiger partial charge in [0, 0.05) is 28.5 Å². The number of hydrogen-bond acceptors (Lipinski definition) is 6. The Hall–Kier alpha value is -3.76. The van der Waals surface area contributed by atoms with Gasteiger partial charge in [-0.1, -0.05) is 30.5 Å². The summed E-state index contributed by atoms with van der Waals surface area (Å²) in [6, 6.07) is 17.8. The van der Waals surface area contributed by atoms with Gasteiger partial charge in [0.25, 0.3) is 0 Å². The summed E-state index contributed by atoms with van der Waals surface area (Å²) in [7, 11) is -4.03. The minimum absolute atomic E-state index is 0.0571. The second kappa shape index (κ2) is 10.1. The van der Waals surface area contributed by atoms with Gasteiger partial charge in [-0.3, -0.25) is 5.32 Å². The molecule has 0 bridgehead atoms. The third-order valence-corrected chi connectivity index (χ3v) is 7.34. The average molecular weight is 526 g/mol. The summed E-state index contributed by atoms with van der Waals surface area (Å²) in [6.07, 6.45) is 4.68. The lowest BCUT2D eigenvalue weighted by Crippen LogP contribution is -2.20. The van der Waals surface area contributed by atoms with Crippen LogP contribution < -0.4 is 20.1 Å². The maximum atomic E-state index is 12.8. The molecule has 0 saturated heterocycles. The number of fused-ring (bicyclic) bond motifs is 1. The number of aromatic nitrogens is 2. The third-order valence-electron chi connectivity index (χ3n) is 5.84. The second-order valence-electron chi connectivity index (χ2n) is 8.54. The molecule has 5 rings (SSSR count). The van der Waals surface area contributed by atoms with Crippen LogP contribution in [0.4, 0.5) is 22.1 Å². The number of carbonyl (C=O) groups excluding carboxylic acids is 1. The van der Waals surface area contributed by atoms with Crippen molar-refractivity contribution in [2.24, 2.45) is 0 Å². The van der Waals surface area contributed by atoms with Crippen LogP contribution in [0.15, 0.2) is 71.6 Å². The Balaban J connectivity index is 1.24. The van der Waals surface area contributed by atoms with Gasteiger partial charge in [-0.2, -0.15) is 8.42 Å². The summed E-state index contributed by atoms with van der Waals surface area (Å²) >= 11 is 5.93. The van der Waals surface area contributed by atoms with Crippen LogP contribution in [0.3, 0.4) is 0 Å². The number of amides is 2. The van der Waals surface area contributed by atoms with Gasteiger partial charge in [0.1, 0.15) is 10.6 Å². The number of imidazole rings is 1. The predicted octanol–water partition coefficient (Wildman–Crippen LogP) is 5.98. The highest BCUT2D eigenvalue weighted by atomic mass is 35.5. The summed E-state index contributed by atoms with van der Waals surface area (Å²) < 4.78 is 30.9. The van der Waals surface area contributed by atoms with Gasteiger partial charge in [-0.25, -0.2) is 9.78 Å². The summed E-state index contributed by atoms with van der Waals surface area (Å²) in [5.74, 6) is 0.298. The van der Waals surface area contributed by atoms with Crippen LogP contribution in [0.25, 0.3) is 11.0 Å². The van der Waals surface area contributed by atoms with E-state index in [1.54, 1.807) is 42.5 Å². The van der Waals surface area contributed by atoms with Crippen molar-refractivity contribution in [1.82, 2.24) is 9.97 Å². The van der Waals surface area contributed by atoms with E-state index < -0.39 is 16.1 Å². The molecule has 36 heavy (non-hydrogen) atoms. The molecule has 3 aromatic carbocycles. The van der Waals surface area contributed by atoms with Crippen molar-refractivity contribution in [1.29, 1.82) is 0 Å². The normalized spacial score (nSPS) is 14.0. The number of halogens is 1. The molecule has 0 spiro atoms. The molecule has 0 unspecified atom stereocenters. The Labute approximate surface area is 213 Å². The fourth-order valence-electron chi connectivity index (χ4n) is 4.13. The predicted molar refractivity (Wildman–Crippen MR) is 140 cm³/mol. The molecule has 4 N–H and O–H groups in total. The molecule has 1 saturated carbocycles. The number of hydrogen-bond donors (Lipinski definition) is 4. The van der Waals surface area contributed by atoms with E-state index in [4.69, 9.17) is 15.8 Å². The Bertz CT molecular complexity index is 1500. The number of urea groups is 1. The number of rotatable bonds is 7. The van der Waals surface area contributed by atoms with Gasteiger partial charge < -0.3 is 19.8 Å². The van der Waals surface area contributed by atoms with Crippen molar-refractivity contribution in [3.8, 4) is 5.75 Å². The molecular formula is C25H24ClN5O4S. The molecule has 11 heteroatoms. The van der Waals surface area contributed by atoms with Gasteiger partial charge in [-0.15, -0.1) is 0 Å². The van der Waals surface area contributed by atoms with Gasteiger partial charge in [0.05, 0.1) is 11.0 Å². The van der Waals surface area contributed by atoms with Crippen molar-refractivity contribution in [3.63, 3.8) is 0 Å². The zero-order valence-corrected chi connectivity index (χ0v) is 20.7.